The molecule has 0 radical (unpaired) electrons. The standard InChI is InChI=1S/C12H17ClN2O3S/c1-2-19(16,17)15-7-3-4-10(9-15)18-12-5-6-14-8-11(12)13/h5-6,8,10H,2-4,7,9H2,1H3. The lowest BCUT2D eigenvalue weighted by molar-refractivity contribution is 0.130. The van der Waals surface area contributed by atoms with Crippen molar-refractivity contribution < 1.29 is 13.2 Å². The largest absolute Gasteiger partial charge is 0.487 e. The van der Waals surface area contributed by atoms with Crippen LogP contribution in [0.25, 0.3) is 0 Å². The van der Waals surface area contributed by atoms with Gasteiger partial charge in [-0.05, 0) is 19.8 Å². The number of hydrogen-bond acceptors (Lipinski definition) is 4. The van der Waals surface area contributed by atoms with Crippen molar-refractivity contribution >= 4 is 21.6 Å². The fourth-order valence-corrected chi connectivity index (χ4v) is 3.40. The summed E-state index contributed by atoms with van der Waals surface area (Å²) in [6.45, 7) is 2.61. The molecule has 1 aromatic heterocycles. The normalized spacial score (nSPS) is 21.3. The Labute approximate surface area is 118 Å². The highest BCUT2D eigenvalue weighted by Crippen LogP contribution is 2.26. The number of nitrogens with zero attached hydrogens (tertiary/aromatic N) is 2. The van der Waals surface area contributed by atoms with Crippen molar-refractivity contribution in [3.63, 3.8) is 0 Å². The number of hydrogen-bond donors (Lipinski definition) is 0. The van der Waals surface area contributed by atoms with Crippen LogP contribution >= 0.6 is 11.6 Å². The van der Waals surface area contributed by atoms with Gasteiger partial charge in [0.25, 0.3) is 0 Å². The minimum absolute atomic E-state index is 0.121. The van der Waals surface area contributed by atoms with Gasteiger partial charge in [0, 0.05) is 25.0 Å². The highest BCUT2D eigenvalue weighted by molar-refractivity contribution is 7.89. The molecule has 1 atom stereocenters. The molecule has 1 unspecified atom stereocenters. The smallest absolute Gasteiger partial charge is 0.213 e. The van der Waals surface area contributed by atoms with Crippen LogP contribution in [0.5, 0.6) is 5.75 Å². The molecule has 1 aliphatic rings. The average molecular weight is 305 g/mol. The quantitative estimate of drug-likeness (QED) is 0.853. The van der Waals surface area contributed by atoms with Crippen LogP contribution in [0, 0.1) is 0 Å². The summed E-state index contributed by atoms with van der Waals surface area (Å²) < 4.78 is 31.0. The third-order valence-corrected chi connectivity index (χ3v) is 5.26. The van der Waals surface area contributed by atoms with E-state index in [1.807, 2.05) is 0 Å². The molecule has 1 aromatic rings. The molecule has 1 aliphatic heterocycles. The molecule has 2 heterocycles. The van der Waals surface area contributed by atoms with Crippen LogP contribution in [0.15, 0.2) is 18.5 Å². The van der Waals surface area contributed by atoms with Gasteiger partial charge in [0.15, 0.2) is 0 Å². The summed E-state index contributed by atoms with van der Waals surface area (Å²) in [5.41, 5.74) is 0. The fraction of sp³-hybridized carbons (Fsp3) is 0.583. The van der Waals surface area contributed by atoms with Crippen molar-refractivity contribution in [2.24, 2.45) is 0 Å². The SMILES string of the molecule is CCS(=O)(=O)N1CCCC(Oc2ccncc2Cl)C1. The summed E-state index contributed by atoms with van der Waals surface area (Å²) in [7, 11) is -3.15. The minimum Gasteiger partial charge on any atom is -0.487 e. The third-order valence-electron chi connectivity index (χ3n) is 3.13. The van der Waals surface area contributed by atoms with E-state index >= 15 is 0 Å². The van der Waals surface area contributed by atoms with Crippen molar-refractivity contribution in [2.45, 2.75) is 25.9 Å². The van der Waals surface area contributed by atoms with Gasteiger partial charge in [-0.15, -0.1) is 0 Å². The van der Waals surface area contributed by atoms with Gasteiger partial charge in [0.05, 0.1) is 12.3 Å². The molecule has 19 heavy (non-hydrogen) atoms. The molecule has 0 N–H and O–H groups in total. The first-order chi connectivity index (χ1) is 9.03. The summed E-state index contributed by atoms with van der Waals surface area (Å²) in [6.07, 6.45) is 4.58. The number of rotatable bonds is 4. The van der Waals surface area contributed by atoms with E-state index in [4.69, 9.17) is 16.3 Å². The zero-order valence-corrected chi connectivity index (χ0v) is 12.3. The number of ether oxygens (including phenoxy) is 1. The Morgan fingerprint density at radius 3 is 3.05 bits per heavy atom. The van der Waals surface area contributed by atoms with E-state index in [1.165, 1.54) is 10.5 Å². The second-order valence-corrected chi connectivity index (χ2v) is 7.11. The molecule has 7 heteroatoms. The first-order valence-electron chi connectivity index (χ1n) is 6.27. The van der Waals surface area contributed by atoms with Gasteiger partial charge < -0.3 is 4.74 Å². The molecule has 5 nitrogen and oxygen atoms in total. The van der Waals surface area contributed by atoms with Crippen molar-refractivity contribution in [1.29, 1.82) is 0 Å². The molecule has 0 aromatic carbocycles. The average Bonchev–Trinajstić information content (AvgIpc) is 2.42. The Balaban J connectivity index is 2.05. The van der Waals surface area contributed by atoms with Crippen LogP contribution in [0.1, 0.15) is 19.8 Å². The Bertz CT molecular complexity index is 536. The Morgan fingerprint density at radius 2 is 2.37 bits per heavy atom. The predicted molar refractivity (Wildman–Crippen MR) is 73.9 cm³/mol. The molecule has 0 spiro atoms. The van der Waals surface area contributed by atoms with E-state index in [2.05, 4.69) is 4.98 Å². The summed E-state index contributed by atoms with van der Waals surface area (Å²) in [6, 6.07) is 1.69. The topological polar surface area (TPSA) is 59.5 Å². The minimum atomic E-state index is -3.15. The number of sulfonamides is 1. The summed E-state index contributed by atoms with van der Waals surface area (Å²) >= 11 is 5.98. The van der Waals surface area contributed by atoms with Crippen LogP contribution in [0.3, 0.4) is 0 Å². The fourth-order valence-electron chi connectivity index (χ4n) is 2.07. The second-order valence-electron chi connectivity index (χ2n) is 4.45. The van der Waals surface area contributed by atoms with Gasteiger partial charge in [-0.3, -0.25) is 4.98 Å². The second kappa shape index (κ2) is 6.07. The van der Waals surface area contributed by atoms with E-state index in [0.717, 1.165) is 12.8 Å². The van der Waals surface area contributed by atoms with E-state index < -0.39 is 10.0 Å². The van der Waals surface area contributed by atoms with Gasteiger partial charge in [-0.1, -0.05) is 11.6 Å². The van der Waals surface area contributed by atoms with Crippen LogP contribution < -0.4 is 4.74 Å². The molecular weight excluding hydrogens is 288 g/mol. The zero-order chi connectivity index (χ0) is 13.9. The summed E-state index contributed by atoms with van der Waals surface area (Å²) in [4.78, 5) is 3.89. The van der Waals surface area contributed by atoms with Crippen LogP contribution in [-0.2, 0) is 10.0 Å². The predicted octanol–water partition coefficient (Wildman–Crippen LogP) is 1.93. The Hall–Kier alpha value is -0.850. The van der Waals surface area contributed by atoms with Crippen molar-refractivity contribution in [3.8, 4) is 5.75 Å². The maximum absolute atomic E-state index is 11.9. The van der Waals surface area contributed by atoms with Gasteiger partial charge in [-0.25, -0.2) is 8.42 Å². The highest BCUT2D eigenvalue weighted by atomic mass is 35.5. The molecule has 0 bridgehead atoms. The molecule has 1 saturated heterocycles. The van der Waals surface area contributed by atoms with Gasteiger partial charge in [0.1, 0.15) is 16.9 Å². The number of pyridine rings is 1. The number of piperidine rings is 1. The van der Waals surface area contributed by atoms with Gasteiger partial charge in [0.2, 0.25) is 10.0 Å². The first-order valence-corrected chi connectivity index (χ1v) is 8.25. The molecule has 0 saturated carbocycles. The van der Waals surface area contributed by atoms with Crippen molar-refractivity contribution in [2.75, 3.05) is 18.8 Å². The van der Waals surface area contributed by atoms with E-state index in [-0.39, 0.29) is 11.9 Å². The molecule has 106 valence electrons. The van der Waals surface area contributed by atoms with E-state index in [0.29, 0.717) is 23.9 Å². The van der Waals surface area contributed by atoms with E-state index in [9.17, 15) is 8.42 Å². The van der Waals surface area contributed by atoms with Gasteiger partial charge >= 0.3 is 0 Å². The van der Waals surface area contributed by atoms with E-state index in [1.54, 1.807) is 19.2 Å². The summed E-state index contributed by atoms with van der Waals surface area (Å²) in [5.74, 6) is 0.674. The van der Waals surface area contributed by atoms with Crippen molar-refractivity contribution in [3.05, 3.63) is 23.5 Å². The molecule has 0 amide bonds. The lowest BCUT2D eigenvalue weighted by Crippen LogP contribution is -2.44. The molecule has 2 rings (SSSR count). The van der Waals surface area contributed by atoms with Crippen LogP contribution in [0.2, 0.25) is 5.02 Å². The Morgan fingerprint density at radius 1 is 1.58 bits per heavy atom. The number of aromatic nitrogens is 1. The zero-order valence-electron chi connectivity index (χ0n) is 10.8. The third kappa shape index (κ3) is 3.58. The lowest BCUT2D eigenvalue weighted by Gasteiger charge is -2.32. The first kappa shape index (κ1) is 14.6. The lowest BCUT2D eigenvalue weighted by atomic mass is 10.1. The monoisotopic (exact) mass is 304 g/mol. The molecule has 0 aliphatic carbocycles. The molecule has 1 fully saturated rings. The maximum atomic E-state index is 11.9. The van der Waals surface area contributed by atoms with Crippen LogP contribution in [-0.4, -0.2) is 42.7 Å². The van der Waals surface area contributed by atoms with Crippen molar-refractivity contribution in [1.82, 2.24) is 9.29 Å². The number of halogens is 1. The highest BCUT2D eigenvalue weighted by Gasteiger charge is 2.28. The Kier molecular flexibility index (Phi) is 4.65. The molecular formula is C12H17ClN2O3S. The summed E-state index contributed by atoms with van der Waals surface area (Å²) in [5, 5.41) is 0.443. The maximum Gasteiger partial charge on any atom is 0.213 e. The van der Waals surface area contributed by atoms with Gasteiger partial charge in [-0.2, -0.15) is 4.31 Å². The van der Waals surface area contributed by atoms with Crippen LogP contribution in [0.4, 0.5) is 0 Å².